The molecule has 0 aromatic heterocycles. The van der Waals surface area contributed by atoms with Gasteiger partial charge < -0.3 is 0 Å². The second kappa shape index (κ2) is 3.75. The number of hydrogen-bond donors (Lipinski definition) is 1. The van der Waals surface area contributed by atoms with Crippen molar-refractivity contribution in [2.24, 2.45) is 0 Å². The number of anilines is 1. The van der Waals surface area contributed by atoms with Gasteiger partial charge in [-0.05, 0) is 47.0 Å². The van der Waals surface area contributed by atoms with Gasteiger partial charge in [-0.2, -0.15) is 0 Å². The van der Waals surface area contributed by atoms with E-state index in [0.717, 1.165) is 6.07 Å². The molecule has 0 aliphatic heterocycles. The summed E-state index contributed by atoms with van der Waals surface area (Å²) in [6, 6.07) is 3.89. The monoisotopic (exact) mass is 293 g/mol. The van der Waals surface area contributed by atoms with Crippen LogP contribution >= 0.6 is 15.9 Å². The number of nitrogens with one attached hydrogen (secondary N) is 1. The van der Waals surface area contributed by atoms with E-state index in [1.165, 1.54) is 12.1 Å². The fourth-order valence-corrected chi connectivity index (χ4v) is 3.07. The molecule has 0 amide bonds. The number of hydrogen-bond acceptors (Lipinski definition) is 2. The van der Waals surface area contributed by atoms with Gasteiger partial charge in [0.15, 0.2) is 0 Å². The quantitative estimate of drug-likeness (QED) is 0.931. The smallest absolute Gasteiger partial charge is 0.235 e. The first-order valence-electron chi connectivity index (χ1n) is 4.46. The van der Waals surface area contributed by atoms with Crippen LogP contribution in [-0.2, 0) is 10.0 Å². The molecular weight excluding hydrogens is 285 g/mol. The summed E-state index contributed by atoms with van der Waals surface area (Å²) in [4.78, 5) is 0. The summed E-state index contributed by atoms with van der Waals surface area (Å²) in [7, 11) is -3.33. The van der Waals surface area contributed by atoms with E-state index in [1.54, 1.807) is 0 Å². The fourth-order valence-electron chi connectivity index (χ4n) is 1.19. The molecule has 15 heavy (non-hydrogen) atoms. The third-order valence-electron chi connectivity index (χ3n) is 2.14. The molecule has 0 bridgehead atoms. The van der Waals surface area contributed by atoms with Gasteiger partial charge in [-0.1, -0.05) is 0 Å². The maximum absolute atomic E-state index is 12.9. The van der Waals surface area contributed by atoms with Crippen molar-refractivity contribution >= 4 is 31.6 Å². The molecule has 1 saturated carbocycles. The molecule has 1 aromatic carbocycles. The molecule has 1 N–H and O–H groups in total. The summed E-state index contributed by atoms with van der Waals surface area (Å²) in [5, 5.41) is -0.312. The third-order valence-corrected chi connectivity index (χ3v) is 4.69. The predicted molar refractivity (Wildman–Crippen MR) is 59.7 cm³/mol. The molecule has 0 atom stereocenters. The van der Waals surface area contributed by atoms with Gasteiger partial charge in [-0.3, -0.25) is 4.72 Å². The van der Waals surface area contributed by atoms with E-state index < -0.39 is 15.8 Å². The van der Waals surface area contributed by atoms with Gasteiger partial charge in [0.2, 0.25) is 10.0 Å². The molecule has 1 aliphatic carbocycles. The Morgan fingerprint density at radius 2 is 2.07 bits per heavy atom. The van der Waals surface area contributed by atoms with Crippen LogP contribution in [0.15, 0.2) is 22.7 Å². The average Bonchev–Trinajstić information content (AvgIpc) is 2.93. The Morgan fingerprint density at radius 1 is 1.40 bits per heavy atom. The molecular formula is C9H9BrFNO2S. The molecule has 0 radical (unpaired) electrons. The van der Waals surface area contributed by atoms with Crippen LogP contribution in [0.3, 0.4) is 0 Å². The van der Waals surface area contributed by atoms with Gasteiger partial charge in [-0.25, -0.2) is 12.8 Å². The highest BCUT2D eigenvalue weighted by Crippen LogP contribution is 2.32. The van der Waals surface area contributed by atoms with Gasteiger partial charge >= 0.3 is 0 Å². The Balaban J connectivity index is 2.27. The number of sulfonamides is 1. The lowest BCUT2D eigenvalue weighted by atomic mass is 10.3. The number of rotatable bonds is 3. The zero-order chi connectivity index (χ0) is 11.1. The Morgan fingerprint density at radius 3 is 2.67 bits per heavy atom. The normalized spacial score (nSPS) is 16.4. The SMILES string of the molecule is O=S(=O)(Nc1cc(F)ccc1Br)C1CC1. The van der Waals surface area contributed by atoms with E-state index in [9.17, 15) is 12.8 Å². The van der Waals surface area contributed by atoms with Crippen LogP contribution in [0.2, 0.25) is 0 Å². The molecule has 1 aliphatic rings. The maximum Gasteiger partial charge on any atom is 0.235 e. The fraction of sp³-hybridized carbons (Fsp3) is 0.333. The number of halogens is 2. The summed E-state index contributed by atoms with van der Waals surface area (Å²) in [6.45, 7) is 0. The second-order valence-electron chi connectivity index (χ2n) is 3.47. The minimum absolute atomic E-state index is 0.252. The van der Waals surface area contributed by atoms with E-state index >= 15 is 0 Å². The van der Waals surface area contributed by atoms with Gasteiger partial charge in [0.1, 0.15) is 5.82 Å². The van der Waals surface area contributed by atoms with Crippen molar-refractivity contribution < 1.29 is 12.8 Å². The van der Waals surface area contributed by atoms with Gasteiger partial charge in [0.25, 0.3) is 0 Å². The van der Waals surface area contributed by atoms with Crippen molar-refractivity contribution in [3.05, 3.63) is 28.5 Å². The van der Waals surface area contributed by atoms with Crippen LogP contribution in [0, 0.1) is 5.82 Å². The van der Waals surface area contributed by atoms with E-state index in [-0.39, 0.29) is 10.9 Å². The zero-order valence-corrected chi connectivity index (χ0v) is 10.1. The Kier molecular flexibility index (Phi) is 2.72. The van der Waals surface area contributed by atoms with Crippen molar-refractivity contribution in [3.8, 4) is 0 Å². The third kappa shape index (κ3) is 2.49. The maximum atomic E-state index is 12.9. The topological polar surface area (TPSA) is 46.2 Å². The van der Waals surface area contributed by atoms with Crippen molar-refractivity contribution in [2.45, 2.75) is 18.1 Å². The van der Waals surface area contributed by atoms with Crippen molar-refractivity contribution in [1.82, 2.24) is 0 Å². The molecule has 0 unspecified atom stereocenters. The lowest BCUT2D eigenvalue weighted by Gasteiger charge is -2.08. The summed E-state index contributed by atoms with van der Waals surface area (Å²) in [6.07, 6.45) is 1.37. The minimum Gasteiger partial charge on any atom is -0.282 e. The highest BCUT2D eigenvalue weighted by atomic mass is 79.9. The second-order valence-corrected chi connectivity index (χ2v) is 6.29. The largest absolute Gasteiger partial charge is 0.282 e. The summed E-state index contributed by atoms with van der Waals surface area (Å²) >= 11 is 3.16. The standard InChI is InChI=1S/C9H9BrFNO2S/c10-8-4-1-6(11)5-9(8)12-15(13,14)7-2-3-7/h1,4-5,7,12H,2-3H2. The first-order chi connectivity index (χ1) is 6.99. The van der Waals surface area contributed by atoms with E-state index in [1.807, 2.05) is 0 Å². The summed E-state index contributed by atoms with van der Waals surface area (Å²) in [5.74, 6) is -0.466. The molecule has 0 heterocycles. The molecule has 0 saturated heterocycles. The lowest BCUT2D eigenvalue weighted by Crippen LogP contribution is -2.17. The Hall–Kier alpha value is -0.620. The summed E-state index contributed by atoms with van der Waals surface area (Å²) in [5.41, 5.74) is 0.252. The highest BCUT2D eigenvalue weighted by molar-refractivity contribution is 9.10. The van der Waals surface area contributed by atoms with Crippen molar-refractivity contribution in [3.63, 3.8) is 0 Å². The van der Waals surface area contributed by atoms with Crippen LogP contribution in [0.1, 0.15) is 12.8 Å². The van der Waals surface area contributed by atoms with Crippen LogP contribution in [-0.4, -0.2) is 13.7 Å². The molecule has 1 fully saturated rings. The van der Waals surface area contributed by atoms with Crippen LogP contribution in [0.5, 0.6) is 0 Å². The van der Waals surface area contributed by atoms with Gasteiger partial charge in [0.05, 0.1) is 10.9 Å². The van der Waals surface area contributed by atoms with Crippen LogP contribution in [0.25, 0.3) is 0 Å². The molecule has 1 aromatic rings. The predicted octanol–water partition coefficient (Wildman–Crippen LogP) is 2.49. The van der Waals surface area contributed by atoms with Crippen molar-refractivity contribution in [1.29, 1.82) is 0 Å². The summed E-state index contributed by atoms with van der Waals surface area (Å²) < 4.78 is 38.9. The van der Waals surface area contributed by atoms with Crippen molar-refractivity contribution in [2.75, 3.05) is 4.72 Å². The van der Waals surface area contributed by atoms with E-state index in [0.29, 0.717) is 17.3 Å². The van der Waals surface area contributed by atoms with E-state index in [4.69, 9.17) is 0 Å². The Bertz CT molecular complexity index is 485. The molecule has 6 heteroatoms. The molecule has 0 spiro atoms. The number of benzene rings is 1. The first kappa shape index (κ1) is 10.9. The minimum atomic E-state index is -3.33. The van der Waals surface area contributed by atoms with Gasteiger partial charge in [0, 0.05) is 4.47 Å². The Labute approximate surface area is 95.9 Å². The first-order valence-corrected chi connectivity index (χ1v) is 6.79. The van der Waals surface area contributed by atoms with E-state index in [2.05, 4.69) is 20.7 Å². The molecule has 82 valence electrons. The average molecular weight is 294 g/mol. The van der Waals surface area contributed by atoms with Crippen LogP contribution in [0.4, 0.5) is 10.1 Å². The highest BCUT2D eigenvalue weighted by Gasteiger charge is 2.35. The lowest BCUT2D eigenvalue weighted by molar-refractivity contribution is 0.600. The van der Waals surface area contributed by atoms with Crippen LogP contribution < -0.4 is 4.72 Å². The molecule has 3 nitrogen and oxygen atoms in total. The molecule has 2 rings (SSSR count). The van der Waals surface area contributed by atoms with Gasteiger partial charge in [-0.15, -0.1) is 0 Å². The zero-order valence-electron chi connectivity index (χ0n) is 7.70.